The van der Waals surface area contributed by atoms with Gasteiger partial charge in [0.05, 0.1) is 19.3 Å². The maximum absolute atomic E-state index is 12.4. The number of carbonyl (C=O) groups is 1. The second kappa shape index (κ2) is 8.39. The van der Waals surface area contributed by atoms with Crippen molar-refractivity contribution in [3.63, 3.8) is 0 Å². The number of nitrogens with zero attached hydrogens (tertiary/aromatic N) is 2. The molecule has 1 amide bonds. The summed E-state index contributed by atoms with van der Waals surface area (Å²) in [6, 6.07) is 6.66. The van der Waals surface area contributed by atoms with Crippen molar-refractivity contribution in [2.45, 2.75) is 24.4 Å². The van der Waals surface area contributed by atoms with Crippen LogP contribution in [0, 0.1) is 0 Å². The molecule has 1 aromatic heterocycles. The van der Waals surface area contributed by atoms with Gasteiger partial charge in [0, 0.05) is 25.1 Å². The van der Waals surface area contributed by atoms with Crippen molar-refractivity contribution >= 4 is 15.7 Å². The second-order valence-corrected chi connectivity index (χ2v) is 8.94. The van der Waals surface area contributed by atoms with Gasteiger partial charge < -0.3 is 29.4 Å². The lowest BCUT2D eigenvalue weighted by atomic mass is 10.1. The van der Waals surface area contributed by atoms with Crippen LogP contribution in [0.5, 0.6) is 11.7 Å². The minimum absolute atomic E-state index is 0.0141. The normalized spacial score (nSPS) is 19.9. The molecule has 0 saturated carbocycles. The summed E-state index contributed by atoms with van der Waals surface area (Å²) in [5.74, 6) is -2.38. The van der Waals surface area contributed by atoms with Crippen LogP contribution in [-0.4, -0.2) is 77.7 Å². The van der Waals surface area contributed by atoms with Gasteiger partial charge in [-0.15, -0.1) is 0 Å². The van der Waals surface area contributed by atoms with Crippen LogP contribution < -0.4 is 4.74 Å². The number of amides is 1. The molecule has 3 rings (SSSR count). The predicted octanol–water partition coefficient (Wildman–Crippen LogP) is -0.0753. The molecule has 1 fully saturated rings. The van der Waals surface area contributed by atoms with Crippen molar-refractivity contribution in [1.82, 2.24) is 9.88 Å². The van der Waals surface area contributed by atoms with Crippen molar-refractivity contribution in [1.29, 1.82) is 0 Å². The van der Waals surface area contributed by atoms with Crippen molar-refractivity contribution in [3.05, 3.63) is 30.0 Å². The van der Waals surface area contributed by atoms with Crippen LogP contribution in [0.25, 0.3) is 11.5 Å². The number of β-amino-alcohol motifs (C(OH)–C–C–N with tert-alkyl or cyclic N) is 2. The number of piperidine rings is 1. The summed E-state index contributed by atoms with van der Waals surface area (Å²) in [6.45, 7) is -0.0821. The smallest absolute Gasteiger partial charge is 0.307 e. The van der Waals surface area contributed by atoms with Crippen molar-refractivity contribution in [3.8, 4) is 23.1 Å². The van der Waals surface area contributed by atoms with E-state index in [1.54, 1.807) is 24.3 Å². The van der Waals surface area contributed by atoms with E-state index in [-0.39, 0.29) is 31.1 Å². The Balaban J connectivity index is 1.71. The van der Waals surface area contributed by atoms with Gasteiger partial charge in [-0.2, -0.15) is 0 Å². The number of hydrogen-bond acceptors (Lipinski definition) is 9. The zero-order valence-corrected chi connectivity index (χ0v) is 16.5. The predicted molar refractivity (Wildman–Crippen MR) is 101 cm³/mol. The lowest BCUT2D eigenvalue weighted by Gasteiger charge is -2.33. The molecule has 1 aliphatic heterocycles. The van der Waals surface area contributed by atoms with Crippen molar-refractivity contribution in [2.75, 3.05) is 26.0 Å². The fourth-order valence-electron chi connectivity index (χ4n) is 3.11. The Kier molecular flexibility index (Phi) is 6.10. The average Bonchev–Trinajstić information content (AvgIpc) is 3.00. The monoisotopic (exact) mass is 426 g/mol. The first-order valence-electron chi connectivity index (χ1n) is 8.84. The molecule has 11 heteroatoms. The molecule has 2 unspecified atom stereocenters. The Morgan fingerprint density at radius 1 is 1.31 bits per heavy atom. The van der Waals surface area contributed by atoms with Gasteiger partial charge in [0.1, 0.15) is 22.9 Å². The number of benzene rings is 1. The molecular weight excluding hydrogens is 404 g/mol. The summed E-state index contributed by atoms with van der Waals surface area (Å²) in [5.41, 5.74) is 0.269. The first kappa shape index (κ1) is 21.1. The number of methoxy groups -OCH3 is 1. The molecule has 29 heavy (non-hydrogen) atoms. The quantitative estimate of drug-likeness (QED) is 0.576. The number of sulfone groups is 1. The number of aliphatic hydroxyl groups is 2. The molecule has 0 radical (unpaired) electrons. The van der Waals surface area contributed by atoms with Crippen LogP contribution in [0.2, 0.25) is 0 Å². The Morgan fingerprint density at radius 2 is 2.00 bits per heavy atom. The van der Waals surface area contributed by atoms with Crippen LogP contribution in [0.1, 0.15) is 12.1 Å². The van der Waals surface area contributed by atoms with E-state index in [1.165, 1.54) is 7.11 Å². The van der Waals surface area contributed by atoms with Gasteiger partial charge in [-0.3, -0.25) is 4.79 Å². The largest absolute Gasteiger partial charge is 0.497 e. The molecule has 10 nitrogen and oxygen atoms in total. The molecule has 2 atom stereocenters. The molecule has 0 bridgehead atoms. The molecule has 2 heterocycles. The fraction of sp³-hybridized carbons (Fsp3) is 0.444. The molecule has 2 aromatic rings. The van der Waals surface area contributed by atoms with Gasteiger partial charge in [0.25, 0.3) is 0 Å². The average molecular weight is 426 g/mol. The molecule has 158 valence electrons. The Morgan fingerprint density at radius 3 is 2.66 bits per heavy atom. The fourth-order valence-corrected chi connectivity index (χ4v) is 4.37. The van der Waals surface area contributed by atoms with E-state index >= 15 is 0 Å². The zero-order chi connectivity index (χ0) is 21.2. The third-order valence-electron chi connectivity index (χ3n) is 4.45. The zero-order valence-electron chi connectivity index (χ0n) is 15.7. The molecule has 3 N–H and O–H groups in total. The van der Waals surface area contributed by atoms with E-state index in [4.69, 9.17) is 9.15 Å². The number of aliphatic hydroxyl groups excluding tert-OH is 2. The van der Waals surface area contributed by atoms with Crippen LogP contribution in [0.4, 0.5) is 0 Å². The van der Waals surface area contributed by atoms with Gasteiger partial charge in [0.15, 0.2) is 9.84 Å². The van der Waals surface area contributed by atoms with E-state index in [9.17, 15) is 28.5 Å². The summed E-state index contributed by atoms with van der Waals surface area (Å²) >= 11 is 0. The molecule has 1 aromatic carbocycles. The Bertz CT molecular complexity index is 977. The summed E-state index contributed by atoms with van der Waals surface area (Å²) in [7, 11) is -2.50. The maximum atomic E-state index is 12.4. The number of aromatic hydroxyl groups is 1. The first-order chi connectivity index (χ1) is 13.7. The molecule has 0 aliphatic carbocycles. The Hall–Kier alpha value is -2.63. The van der Waals surface area contributed by atoms with Crippen LogP contribution in [0.15, 0.2) is 28.7 Å². The maximum Gasteiger partial charge on any atom is 0.307 e. The third kappa shape index (κ3) is 5.25. The number of ether oxygens (including phenoxy) is 1. The lowest BCUT2D eigenvalue weighted by molar-refractivity contribution is -0.134. The highest BCUT2D eigenvalue weighted by Gasteiger charge is 2.31. The number of aromatic nitrogens is 1. The van der Waals surface area contributed by atoms with Crippen LogP contribution in [0.3, 0.4) is 0 Å². The number of carbonyl (C=O) groups excluding carboxylic acids is 1. The van der Waals surface area contributed by atoms with Crippen molar-refractivity contribution in [2.24, 2.45) is 0 Å². The summed E-state index contributed by atoms with van der Waals surface area (Å²) in [4.78, 5) is 17.4. The number of likely N-dealkylation sites (tertiary alicyclic amines) is 1. The third-order valence-corrected chi connectivity index (χ3v) is 5.85. The van der Waals surface area contributed by atoms with Gasteiger partial charge in [-0.25, -0.2) is 13.4 Å². The standard InChI is InChI=1S/C18H22N2O8S/c1-27-14-4-2-3-11(5-14)17-19-15(18(24)28-17)9-29(25,26)10-16(23)20-7-12(21)6-13(22)8-20/h2-5,12-13,21-22,24H,6-10H2,1H3. The summed E-state index contributed by atoms with van der Waals surface area (Å²) in [6.07, 6.45) is -1.68. The highest BCUT2D eigenvalue weighted by atomic mass is 32.2. The summed E-state index contributed by atoms with van der Waals surface area (Å²) in [5, 5.41) is 29.2. The van der Waals surface area contributed by atoms with Crippen LogP contribution in [-0.2, 0) is 20.4 Å². The topological polar surface area (TPSA) is 150 Å². The number of rotatable bonds is 6. The SMILES string of the molecule is COc1cccc(-c2nc(CS(=O)(=O)CC(=O)N3CC(O)CC(O)C3)c(O)o2)c1. The lowest BCUT2D eigenvalue weighted by Crippen LogP contribution is -2.50. The van der Waals surface area contributed by atoms with E-state index in [0.29, 0.717) is 11.3 Å². The van der Waals surface area contributed by atoms with Gasteiger partial charge in [-0.05, 0) is 18.2 Å². The number of oxazole rings is 1. The van der Waals surface area contributed by atoms with E-state index in [1.807, 2.05) is 0 Å². The van der Waals surface area contributed by atoms with Crippen LogP contribution >= 0.6 is 0 Å². The van der Waals surface area contributed by atoms with Gasteiger partial charge >= 0.3 is 5.95 Å². The number of hydrogen-bond donors (Lipinski definition) is 3. The minimum atomic E-state index is -3.98. The summed E-state index contributed by atoms with van der Waals surface area (Å²) < 4.78 is 35.1. The van der Waals surface area contributed by atoms with E-state index in [2.05, 4.69) is 4.98 Å². The Labute approximate surface area is 167 Å². The molecule has 0 spiro atoms. The van der Waals surface area contributed by atoms with E-state index < -0.39 is 45.4 Å². The highest BCUT2D eigenvalue weighted by Crippen LogP contribution is 2.29. The van der Waals surface area contributed by atoms with E-state index in [0.717, 1.165) is 4.90 Å². The van der Waals surface area contributed by atoms with Gasteiger partial charge in [-0.1, -0.05) is 6.07 Å². The minimum Gasteiger partial charge on any atom is -0.497 e. The van der Waals surface area contributed by atoms with Gasteiger partial charge in [0.2, 0.25) is 11.8 Å². The molecular formula is C18H22N2O8S. The molecule has 1 saturated heterocycles. The molecule has 1 aliphatic rings. The van der Waals surface area contributed by atoms with Crippen molar-refractivity contribution < 1.29 is 37.7 Å². The highest BCUT2D eigenvalue weighted by molar-refractivity contribution is 7.91. The first-order valence-corrected chi connectivity index (χ1v) is 10.7. The second-order valence-electron chi connectivity index (χ2n) is 6.88.